The number of ketones is 1. The Kier molecular flexibility index (Phi) is 5.69. The number of rotatable bonds is 7. The Balaban J connectivity index is 1.76. The Morgan fingerprint density at radius 1 is 1.27 bits per heavy atom. The van der Waals surface area contributed by atoms with Crippen LogP contribution in [0, 0.1) is 0 Å². The lowest BCUT2D eigenvalue weighted by molar-refractivity contribution is -0.129. The van der Waals surface area contributed by atoms with Crippen LogP contribution in [-0.2, 0) is 9.53 Å². The Morgan fingerprint density at radius 3 is 2.77 bits per heavy atom. The molecule has 0 bridgehead atoms. The normalized spacial score (nSPS) is 16.7. The molecule has 8 heteroatoms. The van der Waals surface area contributed by atoms with Gasteiger partial charge in [0.2, 0.25) is 5.78 Å². The molecule has 30 heavy (non-hydrogen) atoms. The van der Waals surface area contributed by atoms with Crippen LogP contribution in [-0.4, -0.2) is 46.9 Å². The van der Waals surface area contributed by atoms with Crippen molar-refractivity contribution in [2.45, 2.75) is 12.5 Å². The number of aliphatic hydroxyl groups is 1. The number of ether oxygens (including phenoxy) is 1. The van der Waals surface area contributed by atoms with Crippen LogP contribution in [0.25, 0.3) is 11.0 Å². The molecule has 1 N–H and O–H groups in total. The highest BCUT2D eigenvalue weighted by Crippen LogP contribution is 2.39. The number of amides is 1. The van der Waals surface area contributed by atoms with Gasteiger partial charge in [0.15, 0.2) is 11.5 Å². The molecule has 1 amide bonds. The van der Waals surface area contributed by atoms with Gasteiger partial charge in [0.25, 0.3) is 5.91 Å². The maximum Gasteiger partial charge on any atom is 0.290 e. The van der Waals surface area contributed by atoms with Crippen molar-refractivity contribution >= 4 is 38.6 Å². The maximum atomic E-state index is 13.4. The van der Waals surface area contributed by atoms with Crippen LogP contribution < -0.4 is 0 Å². The molecule has 3 aromatic rings. The van der Waals surface area contributed by atoms with Gasteiger partial charge in [-0.2, -0.15) is 0 Å². The van der Waals surface area contributed by atoms with Crippen LogP contribution in [0.1, 0.15) is 28.6 Å². The average Bonchev–Trinajstić information content (AvgIpc) is 3.28. The monoisotopic (exact) mass is 470 g/mol. The number of Topliss-reactive ketones (excluding diaryl/α,β-unsaturated/α-hetero) is 1. The van der Waals surface area contributed by atoms with Crippen LogP contribution in [0.5, 0.6) is 0 Å². The van der Waals surface area contributed by atoms with Crippen molar-refractivity contribution in [1.29, 1.82) is 0 Å². The molecule has 1 aromatic carbocycles. The summed E-state index contributed by atoms with van der Waals surface area (Å²) in [5.74, 6) is -1.60. The molecule has 0 radical (unpaired) electrons. The molecular weight excluding hydrogens is 452 g/mol. The predicted molar refractivity (Wildman–Crippen MR) is 113 cm³/mol. The van der Waals surface area contributed by atoms with Gasteiger partial charge in [0.1, 0.15) is 5.58 Å². The smallest absolute Gasteiger partial charge is 0.290 e. The fraction of sp³-hybridized carbons (Fsp3) is 0.227. The minimum atomic E-state index is -0.732. The minimum absolute atomic E-state index is 0.00161. The maximum absolute atomic E-state index is 13.4. The molecule has 0 aliphatic carbocycles. The number of hydrogen-bond acceptors (Lipinski definition) is 6. The van der Waals surface area contributed by atoms with Crippen molar-refractivity contribution in [3.05, 3.63) is 75.9 Å². The van der Waals surface area contributed by atoms with E-state index >= 15 is 0 Å². The summed E-state index contributed by atoms with van der Waals surface area (Å²) in [6.45, 7) is 0.781. The Labute approximate surface area is 181 Å². The molecule has 0 spiro atoms. The molecule has 1 unspecified atom stereocenters. The van der Waals surface area contributed by atoms with Crippen LogP contribution in [0.3, 0.4) is 0 Å². The van der Waals surface area contributed by atoms with Gasteiger partial charge >= 0.3 is 0 Å². The van der Waals surface area contributed by atoms with E-state index in [9.17, 15) is 14.7 Å². The van der Waals surface area contributed by atoms with Crippen LogP contribution in [0.2, 0.25) is 0 Å². The molecule has 1 aliphatic heterocycles. The molecule has 0 fully saturated rings. The van der Waals surface area contributed by atoms with Crippen LogP contribution >= 0.6 is 15.9 Å². The molecule has 4 rings (SSSR count). The van der Waals surface area contributed by atoms with Gasteiger partial charge in [-0.25, -0.2) is 0 Å². The molecule has 2 aromatic heterocycles. The van der Waals surface area contributed by atoms with Crippen molar-refractivity contribution in [3.8, 4) is 0 Å². The van der Waals surface area contributed by atoms with E-state index in [-0.39, 0.29) is 11.3 Å². The predicted octanol–water partition coefficient (Wildman–Crippen LogP) is 4.21. The first kappa shape index (κ1) is 20.3. The summed E-state index contributed by atoms with van der Waals surface area (Å²) in [6, 6.07) is 9.73. The molecule has 1 atom stereocenters. The van der Waals surface area contributed by atoms with Crippen molar-refractivity contribution in [1.82, 2.24) is 9.88 Å². The molecule has 1 aliphatic rings. The Hall–Kier alpha value is -2.97. The quantitative estimate of drug-likeness (QED) is 0.410. The number of benzene rings is 1. The van der Waals surface area contributed by atoms with E-state index in [0.29, 0.717) is 30.7 Å². The summed E-state index contributed by atoms with van der Waals surface area (Å²) in [5.41, 5.74) is 1.23. The number of carbonyl (C=O) groups excluding carboxylic acids is 2. The van der Waals surface area contributed by atoms with Gasteiger partial charge < -0.3 is 19.2 Å². The number of carbonyl (C=O) groups is 2. The van der Waals surface area contributed by atoms with Crippen LogP contribution in [0.15, 0.2) is 69.0 Å². The van der Waals surface area contributed by atoms with E-state index in [1.54, 1.807) is 43.8 Å². The summed E-state index contributed by atoms with van der Waals surface area (Å²) >= 11 is 3.40. The van der Waals surface area contributed by atoms with E-state index in [4.69, 9.17) is 9.15 Å². The first-order valence-electron chi connectivity index (χ1n) is 9.38. The number of aromatic nitrogens is 1. The Bertz CT molecular complexity index is 1140. The van der Waals surface area contributed by atoms with Gasteiger partial charge in [-0.15, -0.1) is 0 Å². The van der Waals surface area contributed by atoms with Gasteiger partial charge in [-0.1, -0.05) is 15.9 Å². The number of halogens is 1. The average molecular weight is 471 g/mol. The molecule has 7 nitrogen and oxygen atoms in total. The Morgan fingerprint density at radius 2 is 2.03 bits per heavy atom. The first-order valence-corrected chi connectivity index (χ1v) is 10.2. The van der Waals surface area contributed by atoms with E-state index < -0.39 is 23.5 Å². The summed E-state index contributed by atoms with van der Waals surface area (Å²) in [7, 11) is 1.58. The lowest BCUT2D eigenvalue weighted by Crippen LogP contribution is -2.32. The largest absolute Gasteiger partial charge is 0.503 e. The second-order valence-corrected chi connectivity index (χ2v) is 7.83. The van der Waals surface area contributed by atoms with E-state index in [1.807, 2.05) is 12.1 Å². The number of hydrogen-bond donors (Lipinski definition) is 1. The van der Waals surface area contributed by atoms with E-state index in [0.717, 1.165) is 9.86 Å². The molecule has 3 heterocycles. The molecule has 0 saturated heterocycles. The number of pyridine rings is 1. The number of fused-ring (bicyclic) bond motifs is 1. The summed E-state index contributed by atoms with van der Waals surface area (Å²) in [6.07, 6.45) is 3.74. The fourth-order valence-electron chi connectivity index (χ4n) is 3.65. The zero-order valence-corrected chi connectivity index (χ0v) is 17.8. The summed E-state index contributed by atoms with van der Waals surface area (Å²) in [5, 5.41) is 11.4. The third-order valence-electron chi connectivity index (χ3n) is 5.02. The van der Waals surface area contributed by atoms with Crippen molar-refractivity contribution in [2.75, 3.05) is 20.3 Å². The van der Waals surface area contributed by atoms with Crippen molar-refractivity contribution < 1.29 is 23.8 Å². The lowest BCUT2D eigenvalue weighted by atomic mass is 9.95. The van der Waals surface area contributed by atoms with Gasteiger partial charge in [0, 0.05) is 42.5 Å². The molecule has 0 saturated carbocycles. The number of furan rings is 1. The van der Waals surface area contributed by atoms with E-state index in [1.165, 1.54) is 4.90 Å². The van der Waals surface area contributed by atoms with Crippen molar-refractivity contribution in [3.63, 3.8) is 0 Å². The van der Waals surface area contributed by atoms with Crippen LogP contribution in [0.4, 0.5) is 0 Å². The van der Waals surface area contributed by atoms with Gasteiger partial charge in [-0.05, 0) is 48.4 Å². The standard InChI is InChI=1S/C22H19BrN2O5/c1-29-10-2-9-25-19(13-5-7-24-8-6-13)18(21(27)22(25)28)20(26)17-12-14-11-15(23)3-4-16(14)30-17/h3-8,11-12,19,27H,2,9-10H2,1H3. The van der Waals surface area contributed by atoms with Crippen molar-refractivity contribution in [2.24, 2.45) is 0 Å². The minimum Gasteiger partial charge on any atom is -0.503 e. The number of methoxy groups -OCH3 is 1. The lowest BCUT2D eigenvalue weighted by Gasteiger charge is -2.26. The zero-order valence-electron chi connectivity index (χ0n) is 16.2. The fourth-order valence-corrected chi connectivity index (χ4v) is 4.03. The van der Waals surface area contributed by atoms with Gasteiger partial charge in [0.05, 0.1) is 11.6 Å². The highest BCUT2D eigenvalue weighted by molar-refractivity contribution is 9.10. The third kappa shape index (κ3) is 3.64. The van der Waals surface area contributed by atoms with E-state index in [2.05, 4.69) is 20.9 Å². The SMILES string of the molecule is COCCCN1C(=O)C(O)=C(C(=O)c2cc3cc(Br)ccc3o2)C1c1ccncc1. The highest BCUT2D eigenvalue weighted by atomic mass is 79.9. The zero-order chi connectivity index (χ0) is 21.3. The van der Waals surface area contributed by atoms with Gasteiger partial charge in [-0.3, -0.25) is 14.6 Å². The summed E-state index contributed by atoms with van der Waals surface area (Å²) < 4.78 is 11.7. The topological polar surface area (TPSA) is 92.9 Å². The number of aliphatic hydroxyl groups excluding tert-OH is 1. The second-order valence-electron chi connectivity index (χ2n) is 6.91. The summed E-state index contributed by atoms with van der Waals surface area (Å²) in [4.78, 5) is 31.7. The second kappa shape index (κ2) is 8.41. The molecular formula is C22H19BrN2O5. The molecule has 154 valence electrons. The third-order valence-corrected chi connectivity index (χ3v) is 5.51. The first-order chi connectivity index (χ1) is 14.5. The highest BCUT2D eigenvalue weighted by Gasteiger charge is 2.44. The number of nitrogens with zero attached hydrogens (tertiary/aromatic N) is 2.